The van der Waals surface area contributed by atoms with Crippen LogP contribution in [0.15, 0.2) is 76.8 Å². The highest BCUT2D eigenvalue weighted by Gasteiger charge is 2.33. The second-order valence-electron chi connectivity index (χ2n) is 4.91. The molecule has 0 atom stereocenters. The quantitative estimate of drug-likeness (QED) is 0.666. The minimum Gasteiger partial charge on any atom is -0.267 e. The van der Waals surface area contributed by atoms with E-state index in [9.17, 15) is 9.59 Å². The lowest BCUT2D eigenvalue weighted by atomic mass is 10.2. The van der Waals surface area contributed by atoms with E-state index in [4.69, 9.17) is 0 Å². The Morgan fingerprint density at radius 1 is 0.957 bits per heavy atom. The molecule has 0 aromatic heterocycles. The van der Waals surface area contributed by atoms with Crippen molar-refractivity contribution in [3.63, 3.8) is 0 Å². The topological polar surface area (TPSA) is 49.4 Å². The molecular weight excluding hydrogens is 356 g/mol. The summed E-state index contributed by atoms with van der Waals surface area (Å²) in [6.07, 6.45) is 5.08. The average Bonchev–Trinajstić information content (AvgIpc) is 2.85. The summed E-state index contributed by atoms with van der Waals surface area (Å²) < 4.78 is 0.904. The van der Waals surface area contributed by atoms with Gasteiger partial charge >= 0.3 is 0 Å². The predicted molar refractivity (Wildman–Crippen MR) is 93.3 cm³/mol. The van der Waals surface area contributed by atoms with E-state index in [1.165, 1.54) is 11.1 Å². The molecular formula is C18H13BrN2O2. The molecule has 1 saturated heterocycles. The van der Waals surface area contributed by atoms with Crippen molar-refractivity contribution in [2.24, 2.45) is 0 Å². The fraction of sp³-hybridized carbons (Fsp3) is 0. The van der Waals surface area contributed by atoms with Crippen molar-refractivity contribution in [1.82, 2.24) is 5.43 Å². The number of amides is 2. The number of nitrogens with zero attached hydrogens (tertiary/aromatic N) is 1. The molecule has 0 unspecified atom stereocenters. The molecule has 114 valence electrons. The normalized spacial score (nSPS) is 16.4. The molecule has 0 aliphatic carbocycles. The first kappa shape index (κ1) is 15.2. The fourth-order valence-corrected chi connectivity index (χ4v) is 2.43. The number of hydrogen-bond donors (Lipinski definition) is 1. The third kappa shape index (κ3) is 3.40. The maximum Gasteiger partial charge on any atom is 0.282 e. The zero-order valence-electron chi connectivity index (χ0n) is 12.1. The van der Waals surface area contributed by atoms with Gasteiger partial charge in [-0.25, -0.2) is 5.01 Å². The molecule has 1 aliphatic heterocycles. The Kier molecular flexibility index (Phi) is 4.39. The van der Waals surface area contributed by atoms with Crippen LogP contribution in [0.3, 0.4) is 0 Å². The van der Waals surface area contributed by atoms with Crippen molar-refractivity contribution >= 4 is 39.5 Å². The minimum absolute atomic E-state index is 0.111. The fourth-order valence-electron chi connectivity index (χ4n) is 2.17. The van der Waals surface area contributed by atoms with Gasteiger partial charge in [-0.15, -0.1) is 0 Å². The van der Waals surface area contributed by atoms with Crippen molar-refractivity contribution in [2.75, 3.05) is 5.01 Å². The molecule has 5 heteroatoms. The highest BCUT2D eigenvalue weighted by atomic mass is 79.9. The van der Waals surface area contributed by atoms with Gasteiger partial charge in [0.15, 0.2) is 0 Å². The van der Waals surface area contributed by atoms with Gasteiger partial charge in [-0.1, -0.05) is 58.4 Å². The summed E-state index contributed by atoms with van der Waals surface area (Å²) in [7, 11) is 0. The number of halogens is 1. The molecule has 2 aromatic rings. The molecule has 2 amide bonds. The van der Waals surface area contributed by atoms with Crippen LogP contribution in [-0.2, 0) is 9.59 Å². The van der Waals surface area contributed by atoms with E-state index in [1.807, 2.05) is 48.5 Å². The van der Waals surface area contributed by atoms with Gasteiger partial charge in [-0.05, 0) is 35.9 Å². The first-order chi connectivity index (χ1) is 11.1. The van der Waals surface area contributed by atoms with Crippen LogP contribution in [0, 0.1) is 0 Å². The second kappa shape index (κ2) is 6.62. The largest absolute Gasteiger partial charge is 0.282 e. The Labute approximate surface area is 142 Å². The molecule has 23 heavy (non-hydrogen) atoms. The van der Waals surface area contributed by atoms with Crippen LogP contribution in [-0.4, -0.2) is 11.8 Å². The highest BCUT2D eigenvalue weighted by molar-refractivity contribution is 9.10. The first-order valence-corrected chi connectivity index (χ1v) is 7.79. The Morgan fingerprint density at radius 3 is 2.35 bits per heavy atom. The summed E-state index contributed by atoms with van der Waals surface area (Å²) in [5, 5.41) is 1.25. The van der Waals surface area contributed by atoms with Gasteiger partial charge in [0.25, 0.3) is 11.8 Å². The Balaban J connectivity index is 1.80. The number of nitrogens with one attached hydrogen (secondary N) is 1. The lowest BCUT2D eigenvalue weighted by Crippen LogP contribution is -2.35. The van der Waals surface area contributed by atoms with Crippen LogP contribution >= 0.6 is 15.9 Å². The van der Waals surface area contributed by atoms with Gasteiger partial charge in [0.1, 0.15) is 5.57 Å². The van der Waals surface area contributed by atoms with Crippen LogP contribution < -0.4 is 10.4 Å². The van der Waals surface area contributed by atoms with E-state index in [1.54, 1.807) is 18.2 Å². The van der Waals surface area contributed by atoms with Crippen molar-refractivity contribution in [3.8, 4) is 0 Å². The molecule has 0 saturated carbocycles. The van der Waals surface area contributed by atoms with Gasteiger partial charge < -0.3 is 0 Å². The number of hydrogen-bond acceptors (Lipinski definition) is 2. The number of carbonyl (C=O) groups is 2. The molecule has 1 heterocycles. The highest BCUT2D eigenvalue weighted by Crippen LogP contribution is 2.22. The van der Waals surface area contributed by atoms with Gasteiger partial charge in [0.2, 0.25) is 0 Å². The molecule has 2 aromatic carbocycles. The van der Waals surface area contributed by atoms with E-state index in [-0.39, 0.29) is 11.5 Å². The van der Waals surface area contributed by atoms with Gasteiger partial charge in [0, 0.05) is 4.47 Å². The van der Waals surface area contributed by atoms with E-state index in [0.29, 0.717) is 5.69 Å². The van der Waals surface area contributed by atoms with Gasteiger partial charge in [0.05, 0.1) is 5.69 Å². The maximum absolute atomic E-state index is 12.4. The third-order valence-electron chi connectivity index (χ3n) is 3.33. The molecule has 3 rings (SSSR count). The van der Waals surface area contributed by atoms with Crippen molar-refractivity contribution in [2.45, 2.75) is 0 Å². The van der Waals surface area contributed by atoms with E-state index in [2.05, 4.69) is 21.4 Å². The molecule has 0 bridgehead atoms. The molecule has 0 radical (unpaired) electrons. The summed E-state index contributed by atoms with van der Waals surface area (Å²) in [6, 6.07) is 16.8. The number of rotatable bonds is 3. The van der Waals surface area contributed by atoms with Crippen LogP contribution in [0.5, 0.6) is 0 Å². The minimum atomic E-state index is -0.407. The number of carbonyl (C=O) groups excluding carboxylic acids is 2. The molecule has 1 N–H and O–H groups in total. The van der Waals surface area contributed by atoms with Crippen LogP contribution in [0.25, 0.3) is 6.08 Å². The predicted octanol–water partition coefficient (Wildman–Crippen LogP) is 3.47. The SMILES string of the molecule is O=C1NN(c2ccc(Br)cc2)C(=O)/C1=C\C=C\c1ccccc1. The first-order valence-electron chi connectivity index (χ1n) is 6.99. The molecule has 4 nitrogen and oxygen atoms in total. The monoisotopic (exact) mass is 368 g/mol. The smallest absolute Gasteiger partial charge is 0.267 e. The van der Waals surface area contributed by atoms with E-state index < -0.39 is 5.91 Å². The van der Waals surface area contributed by atoms with Crippen molar-refractivity contribution < 1.29 is 9.59 Å². The standard InChI is InChI=1S/C18H13BrN2O2/c19-14-9-11-15(12-10-14)21-18(23)16(17(22)20-21)8-4-7-13-5-2-1-3-6-13/h1-12H,(H,20,22)/b7-4+,16-8-. The zero-order chi connectivity index (χ0) is 16.2. The lowest BCUT2D eigenvalue weighted by molar-refractivity contribution is -0.117. The lowest BCUT2D eigenvalue weighted by Gasteiger charge is -2.14. The van der Waals surface area contributed by atoms with Crippen molar-refractivity contribution in [1.29, 1.82) is 0 Å². The average molecular weight is 369 g/mol. The number of benzene rings is 2. The van der Waals surface area contributed by atoms with Crippen LogP contribution in [0.2, 0.25) is 0 Å². The molecule has 1 aliphatic rings. The Bertz CT molecular complexity index is 796. The summed E-state index contributed by atoms with van der Waals surface area (Å²) in [5.74, 6) is -0.773. The molecule has 0 spiro atoms. The van der Waals surface area contributed by atoms with Gasteiger partial charge in [-0.2, -0.15) is 0 Å². The third-order valence-corrected chi connectivity index (χ3v) is 3.86. The number of allylic oxidation sites excluding steroid dienone is 2. The van der Waals surface area contributed by atoms with Crippen LogP contribution in [0.1, 0.15) is 5.56 Å². The zero-order valence-corrected chi connectivity index (χ0v) is 13.7. The molecule has 1 fully saturated rings. The number of hydrazine groups is 1. The van der Waals surface area contributed by atoms with E-state index in [0.717, 1.165) is 10.0 Å². The van der Waals surface area contributed by atoms with Crippen molar-refractivity contribution in [3.05, 3.63) is 82.4 Å². The maximum atomic E-state index is 12.4. The van der Waals surface area contributed by atoms with Crippen LogP contribution in [0.4, 0.5) is 5.69 Å². The summed E-state index contributed by atoms with van der Waals surface area (Å²) in [6.45, 7) is 0. The van der Waals surface area contributed by atoms with E-state index >= 15 is 0 Å². The summed E-state index contributed by atoms with van der Waals surface area (Å²) in [5.41, 5.74) is 4.29. The Hall–Kier alpha value is -2.66. The summed E-state index contributed by atoms with van der Waals surface area (Å²) >= 11 is 3.34. The second-order valence-corrected chi connectivity index (χ2v) is 5.82. The van der Waals surface area contributed by atoms with Gasteiger partial charge in [-0.3, -0.25) is 15.0 Å². The Morgan fingerprint density at radius 2 is 1.65 bits per heavy atom. The summed E-state index contributed by atoms with van der Waals surface area (Å²) in [4.78, 5) is 24.4. The number of anilines is 1.